The molecule has 1 N–H and O–H groups in total. The van der Waals surface area contributed by atoms with Crippen LogP contribution >= 0.6 is 0 Å². The molecule has 0 bridgehead atoms. The van der Waals surface area contributed by atoms with E-state index in [2.05, 4.69) is 11.9 Å². The van der Waals surface area contributed by atoms with Crippen LogP contribution in [0.5, 0.6) is 0 Å². The highest BCUT2D eigenvalue weighted by Gasteiger charge is 2.10. The normalized spacial score (nSPS) is 10.0. The number of aryl methyl sites for hydroxylation is 1. The van der Waals surface area contributed by atoms with Crippen molar-refractivity contribution in [1.29, 1.82) is 0 Å². The van der Waals surface area contributed by atoms with Crippen molar-refractivity contribution in [1.82, 2.24) is 0 Å². The Morgan fingerprint density at radius 1 is 1.10 bits per heavy atom. The summed E-state index contributed by atoms with van der Waals surface area (Å²) >= 11 is 0. The number of anilines is 1. The van der Waals surface area contributed by atoms with Crippen LogP contribution < -0.4 is 5.32 Å². The summed E-state index contributed by atoms with van der Waals surface area (Å²) in [6.07, 6.45) is 0. The highest BCUT2D eigenvalue weighted by molar-refractivity contribution is 5.92. The Balaban J connectivity index is 2.50. The minimum Gasteiger partial charge on any atom is -0.465 e. The van der Waals surface area contributed by atoms with Gasteiger partial charge < -0.3 is 10.1 Å². The van der Waals surface area contributed by atoms with Crippen molar-refractivity contribution in [2.24, 2.45) is 0 Å². The first-order chi connectivity index (χ1) is 9.99. The molecule has 3 heteroatoms. The van der Waals surface area contributed by atoms with Gasteiger partial charge in [0.15, 0.2) is 0 Å². The SMILES string of the molecule is C=C(C)Nc1cc(C(=O)OC)cc(-c2ccc(C)cc2)c1. The van der Waals surface area contributed by atoms with E-state index in [1.54, 1.807) is 6.07 Å². The molecular weight excluding hydrogens is 262 g/mol. The Kier molecular flexibility index (Phi) is 4.43. The van der Waals surface area contributed by atoms with Gasteiger partial charge in [0.05, 0.1) is 12.7 Å². The van der Waals surface area contributed by atoms with E-state index >= 15 is 0 Å². The number of esters is 1. The maximum Gasteiger partial charge on any atom is 0.337 e. The van der Waals surface area contributed by atoms with Gasteiger partial charge in [-0.25, -0.2) is 4.79 Å². The van der Waals surface area contributed by atoms with Gasteiger partial charge in [0.1, 0.15) is 0 Å². The maximum absolute atomic E-state index is 11.8. The van der Waals surface area contributed by atoms with Crippen LogP contribution in [0.15, 0.2) is 54.7 Å². The van der Waals surface area contributed by atoms with Crippen LogP contribution in [-0.2, 0) is 4.74 Å². The highest BCUT2D eigenvalue weighted by atomic mass is 16.5. The molecule has 0 unspecified atom stereocenters. The summed E-state index contributed by atoms with van der Waals surface area (Å²) in [5.41, 5.74) is 5.35. The molecule has 0 spiro atoms. The number of rotatable bonds is 4. The second kappa shape index (κ2) is 6.27. The molecule has 0 saturated heterocycles. The number of ether oxygens (including phenoxy) is 1. The van der Waals surface area contributed by atoms with E-state index in [4.69, 9.17) is 4.74 Å². The molecule has 0 heterocycles. The second-order valence-electron chi connectivity index (χ2n) is 5.06. The fourth-order valence-corrected chi connectivity index (χ4v) is 2.09. The Morgan fingerprint density at radius 2 is 1.76 bits per heavy atom. The van der Waals surface area contributed by atoms with Gasteiger partial charge in [-0.2, -0.15) is 0 Å². The van der Waals surface area contributed by atoms with Gasteiger partial charge in [0.2, 0.25) is 0 Å². The molecule has 0 aromatic heterocycles. The molecule has 0 saturated carbocycles. The van der Waals surface area contributed by atoms with Gasteiger partial charge in [-0.1, -0.05) is 36.4 Å². The zero-order valence-electron chi connectivity index (χ0n) is 12.6. The Morgan fingerprint density at radius 3 is 2.33 bits per heavy atom. The Labute approximate surface area is 125 Å². The van der Waals surface area contributed by atoms with Gasteiger partial charge in [0, 0.05) is 11.4 Å². The minimum absolute atomic E-state index is 0.353. The largest absolute Gasteiger partial charge is 0.465 e. The zero-order valence-corrected chi connectivity index (χ0v) is 12.6. The zero-order chi connectivity index (χ0) is 15.4. The molecule has 0 aliphatic heterocycles. The summed E-state index contributed by atoms with van der Waals surface area (Å²) in [6, 6.07) is 13.8. The van der Waals surface area contributed by atoms with Crippen LogP contribution in [0.3, 0.4) is 0 Å². The van der Waals surface area contributed by atoms with Gasteiger partial charge in [-0.15, -0.1) is 0 Å². The van der Waals surface area contributed by atoms with E-state index in [0.29, 0.717) is 5.56 Å². The number of allylic oxidation sites excluding steroid dienone is 1. The van der Waals surface area contributed by atoms with Gasteiger partial charge in [-0.05, 0) is 43.2 Å². The lowest BCUT2D eigenvalue weighted by molar-refractivity contribution is 0.0601. The lowest BCUT2D eigenvalue weighted by Gasteiger charge is -2.11. The van der Waals surface area contributed by atoms with Crippen molar-refractivity contribution >= 4 is 11.7 Å². The van der Waals surface area contributed by atoms with Crippen LogP contribution in [0, 0.1) is 6.92 Å². The van der Waals surface area contributed by atoms with E-state index in [-0.39, 0.29) is 5.97 Å². The van der Waals surface area contributed by atoms with Crippen molar-refractivity contribution in [3.63, 3.8) is 0 Å². The molecular formula is C18H19NO2. The first-order valence-electron chi connectivity index (χ1n) is 6.72. The van der Waals surface area contributed by atoms with Crippen molar-refractivity contribution < 1.29 is 9.53 Å². The molecule has 0 aliphatic rings. The van der Waals surface area contributed by atoms with Crippen LogP contribution in [0.2, 0.25) is 0 Å². The lowest BCUT2D eigenvalue weighted by atomic mass is 10.0. The third-order valence-corrected chi connectivity index (χ3v) is 3.10. The summed E-state index contributed by atoms with van der Waals surface area (Å²) in [5.74, 6) is -0.353. The summed E-state index contributed by atoms with van der Waals surface area (Å²) in [7, 11) is 1.38. The van der Waals surface area contributed by atoms with Crippen LogP contribution in [0.1, 0.15) is 22.8 Å². The predicted molar refractivity (Wildman–Crippen MR) is 86.4 cm³/mol. The average Bonchev–Trinajstić information content (AvgIpc) is 2.46. The maximum atomic E-state index is 11.8. The number of hydrogen-bond donors (Lipinski definition) is 1. The summed E-state index contributed by atoms with van der Waals surface area (Å²) < 4.78 is 4.82. The number of methoxy groups -OCH3 is 1. The second-order valence-corrected chi connectivity index (χ2v) is 5.06. The van der Waals surface area contributed by atoms with E-state index in [9.17, 15) is 4.79 Å². The number of hydrogen-bond acceptors (Lipinski definition) is 3. The fourth-order valence-electron chi connectivity index (χ4n) is 2.09. The van der Waals surface area contributed by atoms with E-state index in [1.165, 1.54) is 12.7 Å². The Bertz CT molecular complexity index is 672. The molecule has 108 valence electrons. The van der Waals surface area contributed by atoms with Crippen LogP contribution in [0.25, 0.3) is 11.1 Å². The average molecular weight is 281 g/mol. The molecule has 2 aromatic rings. The van der Waals surface area contributed by atoms with Crippen LogP contribution in [-0.4, -0.2) is 13.1 Å². The summed E-state index contributed by atoms with van der Waals surface area (Å²) in [5, 5.41) is 3.14. The first-order valence-corrected chi connectivity index (χ1v) is 6.72. The summed E-state index contributed by atoms with van der Waals surface area (Å²) in [4.78, 5) is 11.8. The van der Waals surface area contributed by atoms with Gasteiger partial charge in [0.25, 0.3) is 0 Å². The molecule has 3 nitrogen and oxygen atoms in total. The molecule has 0 aliphatic carbocycles. The van der Waals surface area contributed by atoms with Crippen molar-refractivity contribution in [2.75, 3.05) is 12.4 Å². The molecule has 0 fully saturated rings. The number of benzene rings is 2. The minimum atomic E-state index is -0.353. The predicted octanol–water partition coefficient (Wildman–Crippen LogP) is 4.39. The summed E-state index contributed by atoms with van der Waals surface area (Å²) in [6.45, 7) is 7.75. The van der Waals surface area contributed by atoms with Crippen molar-refractivity contribution in [3.8, 4) is 11.1 Å². The lowest BCUT2D eigenvalue weighted by Crippen LogP contribution is -2.03. The molecule has 0 amide bonds. The van der Waals surface area contributed by atoms with Crippen LogP contribution in [0.4, 0.5) is 5.69 Å². The van der Waals surface area contributed by atoms with Crippen molar-refractivity contribution in [2.45, 2.75) is 13.8 Å². The monoisotopic (exact) mass is 281 g/mol. The number of carbonyl (C=O) groups excluding carboxylic acids is 1. The fraction of sp³-hybridized carbons (Fsp3) is 0.167. The first kappa shape index (κ1) is 14.9. The molecule has 0 atom stereocenters. The smallest absolute Gasteiger partial charge is 0.337 e. The van der Waals surface area contributed by atoms with Crippen molar-refractivity contribution in [3.05, 3.63) is 65.9 Å². The Hall–Kier alpha value is -2.55. The third-order valence-electron chi connectivity index (χ3n) is 3.10. The third kappa shape index (κ3) is 3.72. The van der Waals surface area contributed by atoms with Gasteiger partial charge in [-0.3, -0.25) is 0 Å². The molecule has 2 aromatic carbocycles. The topological polar surface area (TPSA) is 38.3 Å². The van der Waals surface area contributed by atoms with E-state index in [1.807, 2.05) is 50.2 Å². The highest BCUT2D eigenvalue weighted by Crippen LogP contribution is 2.26. The molecule has 0 radical (unpaired) electrons. The standard InChI is InChI=1S/C18H19NO2/c1-12(2)19-17-10-15(9-16(11-17)18(20)21-4)14-7-5-13(3)6-8-14/h5-11,19H,1H2,2-4H3. The number of carbonyl (C=O) groups is 1. The van der Waals surface area contributed by atoms with Gasteiger partial charge >= 0.3 is 5.97 Å². The number of nitrogens with one attached hydrogen (secondary N) is 1. The molecule has 21 heavy (non-hydrogen) atoms. The quantitative estimate of drug-likeness (QED) is 0.844. The van der Waals surface area contributed by atoms with E-state index < -0.39 is 0 Å². The molecule has 2 rings (SSSR count). The van der Waals surface area contributed by atoms with E-state index in [0.717, 1.165) is 22.5 Å².